The first-order chi connectivity index (χ1) is 7.31. The van der Waals surface area contributed by atoms with Crippen LogP contribution in [0.1, 0.15) is 13.8 Å². The van der Waals surface area contributed by atoms with Crippen LogP contribution in [0, 0.1) is 0 Å². The fraction of sp³-hybridized carbons (Fsp3) is 0.273. The zero-order chi connectivity index (χ0) is 11.3. The number of halogens is 1. The van der Waals surface area contributed by atoms with Crippen LogP contribution in [0.4, 0.5) is 0 Å². The van der Waals surface area contributed by atoms with Gasteiger partial charge in [0, 0.05) is 12.3 Å². The highest BCUT2D eigenvalue weighted by atomic mass is 35.5. The first kappa shape index (κ1) is 11.7. The molecule has 0 atom stereocenters. The summed E-state index contributed by atoms with van der Waals surface area (Å²) in [7, 11) is 1.60. The molecule has 0 bridgehead atoms. The van der Waals surface area contributed by atoms with Gasteiger partial charge in [-0.25, -0.2) is 9.97 Å². The maximum atomic E-state index is 5.77. The number of hydrogen-bond acceptors (Lipinski definition) is 3. The van der Waals surface area contributed by atoms with Crippen LogP contribution in [0.25, 0.3) is 11.0 Å². The molecule has 0 fully saturated rings. The normalized spacial score (nSPS) is 9.33. The molecule has 2 aromatic heterocycles. The number of ether oxygens (including phenoxy) is 1. The minimum atomic E-state index is 0.392. The van der Waals surface area contributed by atoms with Gasteiger partial charge in [0.2, 0.25) is 0 Å². The Morgan fingerprint density at radius 2 is 2.07 bits per heavy atom. The van der Waals surface area contributed by atoms with Crippen molar-refractivity contribution in [3.8, 4) is 5.75 Å². The third-order valence-corrected chi connectivity index (χ3v) is 1.93. The number of hydrogen-bond donors (Lipinski definition) is 0. The lowest BCUT2D eigenvalue weighted by atomic mass is 10.3. The zero-order valence-corrected chi connectivity index (χ0v) is 9.75. The van der Waals surface area contributed by atoms with Crippen LogP contribution in [-0.2, 0) is 0 Å². The molecule has 0 radical (unpaired) electrons. The number of aromatic nitrogens is 2. The Labute approximate surface area is 94.1 Å². The lowest BCUT2D eigenvalue weighted by Crippen LogP contribution is -1.89. The molecular formula is C11H13ClN2O. The van der Waals surface area contributed by atoms with E-state index in [0.717, 1.165) is 5.39 Å². The first-order valence-electron chi connectivity index (χ1n) is 4.76. The molecule has 0 aliphatic heterocycles. The molecule has 3 nitrogen and oxygen atoms in total. The minimum Gasteiger partial charge on any atom is -0.496 e. The van der Waals surface area contributed by atoms with Crippen molar-refractivity contribution in [1.29, 1.82) is 0 Å². The summed E-state index contributed by atoms with van der Waals surface area (Å²) in [5, 5.41) is 1.26. The van der Waals surface area contributed by atoms with Gasteiger partial charge in [-0.15, -0.1) is 0 Å². The molecule has 15 heavy (non-hydrogen) atoms. The summed E-state index contributed by atoms with van der Waals surface area (Å²) in [5.41, 5.74) is 0.604. The quantitative estimate of drug-likeness (QED) is 0.697. The van der Waals surface area contributed by atoms with Crippen molar-refractivity contribution in [1.82, 2.24) is 9.97 Å². The topological polar surface area (TPSA) is 35.0 Å². The molecule has 0 aliphatic rings. The molecule has 0 saturated carbocycles. The third kappa shape index (κ3) is 2.57. The van der Waals surface area contributed by atoms with Gasteiger partial charge in [-0.05, 0) is 12.1 Å². The SMILES string of the molecule is CC.COc1cc(Cl)nc2ncccc12. The lowest BCUT2D eigenvalue weighted by molar-refractivity contribution is 0.419. The van der Waals surface area contributed by atoms with Gasteiger partial charge in [-0.1, -0.05) is 25.4 Å². The van der Waals surface area contributed by atoms with E-state index in [1.807, 2.05) is 26.0 Å². The average molecular weight is 225 g/mol. The van der Waals surface area contributed by atoms with Crippen molar-refractivity contribution in [3.05, 3.63) is 29.5 Å². The van der Waals surface area contributed by atoms with Gasteiger partial charge >= 0.3 is 0 Å². The second kappa shape index (κ2) is 5.51. The molecule has 0 aliphatic carbocycles. The van der Waals surface area contributed by atoms with Crippen molar-refractivity contribution in [2.24, 2.45) is 0 Å². The summed E-state index contributed by atoms with van der Waals surface area (Å²) in [4.78, 5) is 8.13. The number of rotatable bonds is 1. The molecule has 0 saturated heterocycles. The molecule has 80 valence electrons. The molecule has 0 N–H and O–H groups in total. The van der Waals surface area contributed by atoms with E-state index in [-0.39, 0.29) is 0 Å². The molecule has 2 rings (SSSR count). The van der Waals surface area contributed by atoms with E-state index < -0.39 is 0 Å². The highest BCUT2D eigenvalue weighted by Gasteiger charge is 2.04. The smallest absolute Gasteiger partial charge is 0.164 e. The van der Waals surface area contributed by atoms with E-state index in [4.69, 9.17) is 16.3 Å². The number of methoxy groups -OCH3 is 1. The molecule has 2 aromatic rings. The van der Waals surface area contributed by atoms with Gasteiger partial charge in [-0.2, -0.15) is 0 Å². The number of fused-ring (bicyclic) bond motifs is 1. The van der Waals surface area contributed by atoms with Crippen LogP contribution >= 0.6 is 11.6 Å². The van der Waals surface area contributed by atoms with E-state index in [0.29, 0.717) is 16.5 Å². The molecule has 2 heterocycles. The summed E-state index contributed by atoms with van der Waals surface area (Å²) >= 11 is 5.77. The monoisotopic (exact) mass is 224 g/mol. The maximum absolute atomic E-state index is 5.77. The Hall–Kier alpha value is -1.35. The summed E-state index contributed by atoms with van der Waals surface area (Å²) in [5.74, 6) is 0.697. The fourth-order valence-corrected chi connectivity index (χ4v) is 1.35. The highest BCUT2D eigenvalue weighted by molar-refractivity contribution is 6.30. The van der Waals surface area contributed by atoms with Crippen molar-refractivity contribution in [2.75, 3.05) is 7.11 Å². The fourth-order valence-electron chi connectivity index (χ4n) is 1.17. The van der Waals surface area contributed by atoms with Gasteiger partial charge in [0.1, 0.15) is 10.9 Å². The van der Waals surface area contributed by atoms with Gasteiger partial charge in [0.15, 0.2) is 5.65 Å². The van der Waals surface area contributed by atoms with E-state index >= 15 is 0 Å². The van der Waals surface area contributed by atoms with E-state index in [2.05, 4.69) is 9.97 Å². The molecule has 0 amide bonds. The van der Waals surface area contributed by atoms with Gasteiger partial charge in [0.05, 0.1) is 12.5 Å². The van der Waals surface area contributed by atoms with Gasteiger partial charge in [0.25, 0.3) is 0 Å². The van der Waals surface area contributed by atoms with Crippen LogP contribution in [0.3, 0.4) is 0 Å². The van der Waals surface area contributed by atoms with Crippen LogP contribution in [0.2, 0.25) is 5.15 Å². The van der Waals surface area contributed by atoms with Crippen molar-refractivity contribution < 1.29 is 4.74 Å². The highest BCUT2D eigenvalue weighted by Crippen LogP contribution is 2.25. The van der Waals surface area contributed by atoms with Crippen molar-refractivity contribution in [3.63, 3.8) is 0 Å². The second-order valence-electron chi connectivity index (χ2n) is 2.52. The summed E-state index contributed by atoms with van der Waals surface area (Å²) in [6.45, 7) is 4.00. The van der Waals surface area contributed by atoms with Gasteiger partial charge in [-0.3, -0.25) is 0 Å². The molecule has 0 aromatic carbocycles. The summed E-state index contributed by atoms with van der Waals surface area (Å²) in [6.07, 6.45) is 1.67. The van der Waals surface area contributed by atoms with Crippen molar-refractivity contribution >= 4 is 22.6 Å². The standard InChI is InChI=1S/C9H7ClN2O.C2H6/c1-13-7-5-8(10)12-9-6(7)3-2-4-11-9;1-2/h2-5H,1H3;1-2H3. The Bertz CT molecular complexity index is 446. The lowest BCUT2D eigenvalue weighted by Gasteiger charge is -2.03. The van der Waals surface area contributed by atoms with Crippen LogP contribution in [0.15, 0.2) is 24.4 Å². The molecule has 4 heteroatoms. The Morgan fingerprint density at radius 1 is 1.33 bits per heavy atom. The Kier molecular flexibility index (Phi) is 4.31. The molecule has 0 unspecified atom stereocenters. The average Bonchev–Trinajstić information content (AvgIpc) is 2.30. The Balaban J connectivity index is 0.000000531. The van der Waals surface area contributed by atoms with Crippen LogP contribution < -0.4 is 4.74 Å². The second-order valence-corrected chi connectivity index (χ2v) is 2.91. The maximum Gasteiger partial charge on any atom is 0.164 e. The van der Waals surface area contributed by atoms with Crippen LogP contribution in [-0.4, -0.2) is 17.1 Å². The third-order valence-electron chi connectivity index (χ3n) is 1.73. The molecular weight excluding hydrogens is 212 g/mol. The molecule has 0 spiro atoms. The largest absolute Gasteiger partial charge is 0.496 e. The van der Waals surface area contributed by atoms with Crippen molar-refractivity contribution in [2.45, 2.75) is 13.8 Å². The summed E-state index contributed by atoms with van der Waals surface area (Å²) in [6, 6.07) is 5.40. The van der Waals surface area contributed by atoms with E-state index in [9.17, 15) is 0 Å². The Morgan fingerprint density at radius 3 is 2.73 bits per heavy atom. The van der Waals surface area contributed by atoms with Gasteiger partial charge < -0.3 is 4.74 Å². The van der Waals surface area contributed by atoms with Crippen LogP contribution in [0.5, 0.6) is 5.75 Å². The van der Waals surface area contributed by atoms with E-state index in [1.54, 1.807) is 19.4 Å². The predicted molar refractivity (Wildman–Crippen MR) is 62.4 cm³/mol. The zero-order valence-electron chi connectivity index (χ0n) is 8.99. The number of pyridine rings is 2. The number of nitrogens with zero attached hydrogens (tertiary/aromatic N) is 2. The minimum absolute atomic E-state index is 0.392. The van der Waals surface area contributed by atoms with E-state index in [1.165, 1.54) is 0 Å². The summed E-state index contributed by atoms with van der Waals surface area (Å²) < 4.78 is 5.14. The first-order valence-corrected chi connectivity index (χ1v) is 5.14. The predicted octanol–water partition coefficient (Wildman–Crippen LogP) is 3.32.